The summed E-state index contributed by atoms with van der Waals surface area (Å²) in [6.07, 6.45) is 5.04. The summed E-state index contributed by atoms with van der Waals surface area (Å²) in [5.74, 6) is 0.611. The Hall–Kier alpha value is -3.11. The van der Waals surface area contributed by atoms with Gasteiger partial charge >= 0.3 is 0 Å². The first-order chi connectivity index (χ1) is 15.6. The first-order valence-corrected chi connectivity index (χ1v) is 11.2. The van der Waals surface area contributed by atoms with Gasteiger partial charge in [-0.15, -0.1) is 0 Å². The van der Waals surface area contributed by atoms with Crippen LogP contribution in [0.1, 0.15) is 12.8 Å². The van der Waals surface area contributed by atoms with Crippen molar-refractivity contribution in [3.8, 4) is 5.69 Å². The number of pyridine rings is 1. The topological polar surface area (TPSA) is 107 Å². The number of hydrogen-bond donors (Lipinski definition) is 2. The van der Waals surface area contributed by atoms with Crippen molar-refractivity contribution in [2.75, 3.05) is 25.6 Å². The molecule has 3 aromatic heterocycles. The highest BCUT2D eigenvalue weighted by atomic mass is 79.9. The first kappa shape index (κ1) is 20.8. The van der Waals surface area contributed by atoms with Crippen molar-refractivity contribution in [1.29, 1.82) is 0 Å². The zero-order valence-corrected chi connectivity index (χ0v) is 19.0. The fourth-order valence-corrected chi connectivity index (χ4v) is 4.30. The molecule has 9 nitrogen and oxygen atoms in total. The summed E-state index contributed by atoms with van der Waals surface area (Å²) in [4.78, 5) is 25.7. The third kappa shape index (κ3) is 4.03. The Morgan fingerprint density at radius 3 is 3.00 bits per heavy atom. The highest BCUT2D eigenvalue weighted by Crippen LogP contribution is 2.31. The molecule has 5 rings (SSSR count). The van der Waals surface area contributed by atoms with Crippen LogP contribution >= 0.6 is 15.9 Å². The maximum Gasteiger partial charge on any atom is 0.224 e. The molecule has 1 aromatic carbocycles. The van der Waals surface area contributed by atoms with Gasteiger partial charge < -0.3 is 15.4 Å². The lowest BCUT2D eigenvalue weighted by Crippen LogP contribution is -2.45. The van der Waals surface area contributed by atoms with Crippen molar-refractivity contribution in [3.63, 3.8) is 0 Å². The molecule has 0 aliphatic heterocycles. The van der Waals surface area contributed by atoms with Crippen LogP contribution in [0.25, 0.3) is 27.6 Å². The lowest BCUT2D eigenvalue weighted by molar-refractivity contribution is -0.127. The van der Waals surface area contributed by atoms with E-state index < -0.39 is 0 Å². The summed E-state index contributed by atoms with van der Waals surface area (Å²) in [6, 6.07) is 10.1. The van der Waals surface area contributed by atoms with E-state index >= 15 is 0 Å². The fraction of sp³-hybridized carbons (Fsp3) is 0.318. The number of rotatable bonds is 7. The molecule has 4 aromatic rings. The molecule has 0 spiro atoms. The van der Waals surface area contributed by atoms with Gasteiger partial charge in [0.1, 0.15) is 4.60 Å². The minimum atomic E-state index is 0.0129. The molecule has 1 fully saturated rings. The van der Waals surface area contributed by atoms with Gasteiger partial charge in [0.15, 0.2) is 5.65 Å². The zero-order chi connectivity index (χ0) is 22.1. The predicted octanol–water partition coefficient (Wildman–Crippen LogP) is 3.08. The fourth-order valence-electron chi connectivity index (χ4n) is 3.87. The number of ether oxygens (including phenoxy) is 1. The molecule has 1 aliphatic rings. The van der Waals surface area contributed by atoms with Gasteiger partial charge in [-0.05, 0) is 53.0 Å². The summed E-state index contributed by atoms with van der Waals surface area (Å²) in [7, 11) is 1.62. The second kappa shape index (κ2) is 8.79. The standard InChI is InChI=1S/C22H22BrN7O2/c1-32-8-7-25-21(31)14-9-15(10-14)27-22-26-12-17-19(23)29-30(20(17)28-22)16-4-5-18-13(11-16)3-2-6-24-18/h2-6,11-12,14-15H,7-10H2,1H3,(H,25,31)(H,26,27,28)/t14-,15-. The van der Waals surface area contributed by atoms with Crippen LogP contribution in [0, 0.1) is 5.92 Å². The molecule has 164 valence electrons. The quantitative estimate of drug-likeness (QED) is 0.379. The van der Waals surface area contributed by atoms with Gasteiger partial charge in [-0.25, -0.2) is 9.67 Å². The van der Waals surface area contributed by atoms with Crippen molar-refractivity contribution in [2.45, 2.75) is 18.9 Å². The van der Waals surface area contributed by atoms with E-state index in [0.29, 0.717) is 29.4 Å². The summed E-state index contributed by atoms with van der Waals surface area (Å²) < 4.78 is 7.45. The molecule has 1 saturated carbocycles. The zero-order valence-electron chi connectivity index (χ0n) is 17.5. The minimum absolute atomic E-state index is 0.0129. The smallest absolute Gasteiger partial charge is 0.224 e. The Kier molecular flexibility index (Phi) is 5.71. The first-order valence-electron chi connectivity index (χ1n) is 10.4. The number of hydrogen-bond acceptors (Lipinski definition) is 7. The molecule has 2 N–H and O–H groups in total. The highest BCUT2D eigenvalue weighted by Gasteiger charge is 2.34. The molecule has 0 atom stereocenters. The molecule has 0 unspecified atom stereocenters. The van der Waals surface area contributed by atoms with Gasteiger partial charge in [0, 0.05) is 43.4 Å². The van der Waals surface area contributed by atoms with E-state index in [1.165, 1.54) is 0 Å². The van der Waals surface area contributed by atoms with Gasteiger partial charge in [0.05, 0.1) is 23.2 Å². The second-order valence-electron chi connectivity index (χ2n) is 7.81. The van der Waals surface area contributed by atoms with Crippen molar-refractivity contribution in [2.24, 2.45) is 5.92 Å². The number of carbonyl (C=O) groups excluding carboxylic acids is 1. The number of anilines is 1. The van der Waals surface area contributed by atoms with Crippen molar-refractivity contribution in [1.82, 2.24) is 30.0 Å². The number of fused-ring (bicyclic) bond motifs is 2. The lowest BCUT2D eigenvalue weighted by Gasteiger charge is -2.34. The van der Waals surface area contributed by atoms with Gasteiger partial charge in [0.2, 0.25) is 11.9 Å². The SMILES string of the molecule is COCCNC(=O)[C@H]1C[C@H](Nc2ncc3c(Br)nn(-c4ccc5ncccc5c4)c3n2)C1. The van der Waals surface area contributed by atoms with Crippen LogP contribution < -0.4 is 10.6 Å². The summed E-state index contributed by atoms with van der Waals surface area (Å²) in [6.45, 7) is 1.05. The average molecular weight is 496 g/mol. The normalized spacial score (nSPS) is 17.9. The predicted molar refractivity (Wildman–Crippen MR) is 125 cm³/mol. The number of nitrogens with zero attached hydrogens (tertiary/aromatic N) is 5. The van der Waals surface area contributed by atoms with Crippen LogP contribution in [-0.2, 0) is 9.53 Å². The Bertz CT molecular complexity index is 1290. The number of aromatic nitrogens is 5. The number of methoxy groups -OCH3 is 1. The molecule has 1 aliphatic carbocycles. The number of halogens is 1. The minimum Gasteiger partial charge on any atom is -0.383 e. The third-order valence-electron chi connectivity index (χ3n) is 5.66. The molecular formula is C22H22BrN7O2. The van der Waals surface area contributed by atoms with Crippen molar-refractivity contribution in [3.05, 3.63) is 47.3 Å². The Balaban J connectivity index is 1.34. The van der Waals surface area contributed by atoms with E-state index in [0.717, 1.165) is 34.8 Å². The van der Waals surface area contributed by atoms with Gasteiger partial charge in [-0.1, -0.05) is 6.07 Å². The van der Waals surface area contributed by atoms with Crippen LogP contribution in [0.5, 0.6) is 0 Å². The molecule has 32 heavy (non-hydrogen) atoms. The van der Waals surface area contributed by atoms with Crippen molar-refractivity contribution < 1.29 is 9.53 Å². The third-order valence-corrected chi connectivity index (χ3v) is 6.24. The van der Waals surface area contributed by atoms with Crippen LogP contribution in [0.3, 0.4) is 0 Å². The summed E-state index contributed by atoms with van der Waals surface area (Å²) in [5, 5.41) is 12.7. The van der Waals surface area contributed by atoms with Crippen LogP contribution in [0.4, 0.5) is 5.95 Å². The molecule has 0 saturated heterocycles. The highest BCUT2D eigenvalue weighted by molar-refractivity contribution is 9.10. The van der Waals surface area contributed by atoms with Crippen LogP contribution in [0.15, 0.2) is 47.3 Å². The molecule has 3 heterocycles. The van der Waals surface area contributed by atoms with Crippen molar-refractivity contribution >= 4 is 49.7 Å². The Labute approximate surface area is 192 Å². The monoisotopic (exact) mass is 495 g/mol. The number of amides is 1. The molecule has 0 bridgehead atoms. The van der Waals surface area contributed by atoms with Crippen LogP contribution in [-0.4, -0.2) is 56.9 Å². The number of nitrogens with one attached hydrogen (secondary N) is 2. The second-order valence-corrected chi connectivity index (χ2v) is 8.56. The molecule has 10 heteroatoms. The van der Waals surface area contributed by atoms with Crippen LogP contribution in [0.2, 0.25) is 0 Å². The molecule has 1 amide bonds. The largest absolute Gasteiger partial charge is 0.383 e. The number of carbonyl (C=O) groups is 1. The van der Waals surface area contributed by atoms with E-state index in [1.54, 1.807) is 24.2 Å². The van der Waals surface area contributed by atoms with E-state index in [2.05, 4.69) is 41.6 Å². The van der Waals surface area contributed by atoms with Gasteiger partial charge in [-0.3, -0.25) is 9.78 Å². The number of benzene rings is 1. The Morgan fingerprint density at radius 1 is 1.28 bits per heavy atom. The maximum absolute atomic E-state index is 12.1. The average Bonchev–Trinajstić information content (AvgIpc) is 3.11. The van der Waals surface area contributed by atoms with E-state index in [-0.39, 0.29) is 17.9 Å². The van der Waals surface area contributed by atoms with E-state index in [4.69, 9.17) is 9.72 Å². The maximum atomic E-state index is 12.1. The molecule has 0 radical (unpaired) electrons. The summed E-state index contributed by atoms with van der Waals surface area (Å²) in [5.41, 5.74) is 2.52. The lowest BCUT2D eigenvalue weighted by atomic mass is 9.79. The van der Waals surface area contributed by atoms with Gasteiger partial charge in [0.25, 0.3) is 0 Å². The van der Waals surface area contributed by atoms with Gasteiger partial charge in [-0.2, -0.15) is 10.1 Å². The molecular weight excluding hydrogens is 474 g/mol. The Morgan fingerprint density at radius 2 is 2.16 bits per heavy atom. The van der Waals surface area contributed by atoms with E-state index in [1.807, 2.05) is 30.3 Å². The van der Waals surface area contributed by atoms with E-state index in [9.17, 15) is 4.79 Å². The summed E-state index contributed by atoms with van der Waals surface area (Å²) >= 11 is 3.52.